The third-order valence-corrected chi connectivity index (χ3v) is 5.16. The standard InChI is InChI=1S/C14H23FN2O2S/c1-9(2)10(3)8-17-20(18,19)14-6-12(7-16)5-13(15)11(14)4/h5-6,9-10,17H,7-8,16H2,1-4H3. The van der Waals surface area contributed by atoms with Gasteiger partial charge in [-0.2, -0.15) is 0 Å². The van der Waals surface area contributed by atoms with Crippen LogP contribution in [0.15, 0.2) is 17.0 Å². The van der Waals surface area contributed by atoms with Gasteiger partial charge in [0.15, 0.2) is 0 Å². The Morgan fingerprint density at radius 1 is 1.30 bits per heavy atom. The van der Waals surface area contributed by atoms with Crippen LogP contribution in [0.3, 0.4) is 0 Å². The number of benzene rings is 1. The first-order valence-corrected chi connectivity index (χ1v) is 8.16. The van der Waals surface area contributed by atoms with Crippen LogP contribution in [0.2, 0.25) is 0 Å². The Morgan fingerprint density at radius 3 is 2.40 bits per heavy atom. The molecule has 20 heavy (non-hydrogen) atoms. The summed E-state index contributed by atoms with van der Waals surface area (Å²) in [6, 6.07) is 2.70. The molecule has 0 bridgehead atoms. The molecule has 4 nitrogen and oxygen atoms in total. The molecule has 0 aliphatic heterocycles. The lowest BCUT2D eigenvalue weighted by molar-refractivity contribution is 0.414. The summed E-state index contributed by atoms with van der Waals surface area (Å²) >= 11 is 0. The van der Waals surface area contributed by atoms with Crippen LogP contribution in [0, 0.1) is 24.6 Å². The van der Waals surface area contributed by atoms with Crippen molar-refractivity contribution < 1.29 is 12.8 Å². The Labute approximate surface area is 120 Å². The molecule has 6 heteroatoms. The fourth-order valence-corrected chi connectivity index (χ4v) is 3.10. The number of rotatable bonds is 6. The van der Waals surface area contributed by atoms with E-state index in [0.29, 0.717) is 18.0 Å². The van der Waals surface area contributed by atoms with Gasteiger partial charge in [-0.25, -0.2) is 17.5 Å². The normalized spacial score (nSPS) is 13.8. The molecule has 1 aromatic rings. The quantitative estimate of drug-likeness (QED) is 0.846. The van der Waals surface area contributed by atoms with Gasteiger partial charge in [0.2, 0.25) is 10.0 Å². The second-order valence-corrected chi connectivity index (χ2v) is 7.21. The van der Waals surface area contributed by atoms with E-state index >= 15 is 0 Å². The number of hydrogen-bond donors (Lipinski definition) is 2. The van der Waals surface area contributed by atoms with Gasteiger partial charge in [0, 0.05) is 18.7 Å². The zero-order valence-electron chi connectivity index (χ0n) is 12.4. The average molecular weight is 302 g/mol. The van der Waals surface area contributed by atoms with Crippen molar-refractivity contribution in [2.45, 2.75) is 39.1 Å². The maximum atomic E-state index is 13.7. The third-order valence-electron chi connectivity index (χ3n) is 3.62. The van der Waals surface area contributed by atoms with E-state index in [0.717, 1.165) is 0 Å². The van der Waals surface area contributed by atoms with Crippen LogP contribution in [0.4, 0.5) is 4.39 Å². The highest BCUT2D eigenvalue weighted by Gasteiger charge is 2.21. The molecule has 3 N–H and O–H groups in total. The molecule has 1 atom stereocenters. The lowest BCUT2D eigenvalue weighted by Gasteiger charge is -2.17. The molecule has 0 aliphatic carbocycles. The van der Waals surface area contributed by atoms with Crippen LogP contribution in [0.5, 0.6) is 0 Å². The van der Waals surface area contributed by atoms with Crippen molar-refractivity contribution in [1.82, 2.24) is 4.72 Å². The van der Waals surface area contributed by atoms with Crippen LogP contribution in [0.1, 0.15) is 31.9 Å². The van der Waals surface area contributed by atoms with Gasteiger partial charge in [-0.3, -0.25) is 0 Å². The van der Waals surface area contributed by atoms with Gasteiger partial charge in [-0.05, 0) is 36.5 Å². The van der Waals surface area contributed by atoms with E-state index < -0.39 is 15.8 Å². The van der Waals surface area contributed by atoms with Crippen molar-refractivity contribution in [3.63, 3.8) is 0 Å². The molecule has 0 aliphatic rings. The third kappa shape index (κ3) is 4.01. The van der Waals surface area contributed by atoms with Gasteiger partial charge in [-0.1, -0.05) is 20.8 Å². The molecule has 1 rings (SSSR count). The molecule has 0 spiro atoms. The summed E-state index contributed by atoms with van der Waals surface area (Å²) in [5, 5.41) is 0. The molecular weight excluding hydrogens is 279 g/mol. The highest BCUT2D eigenvalue weighted by Crippen LogP contribution is 2.21. The van der Waals surface area contributed by atoms with E-state index in [1.54, 1.807) is 0 Å². The topological polar surface area (TPSA) is 72.2 Å². The molecular formula is C14H23FN2O2S. The molecule has 1 aromatic carbocycles. The van der Waals surface area contributed by atoms with Gasteiger partial charge >= 0.3 is 0 Å². The molecule has 114 valence electrons. The first kappa shape index (κ1) is 17.1. The van der Waals surface area contributed by atoms with E-state index in [-0.39, 0.29) is 22.9 Å². The van der Waals surface area contributed by atoms with Gasteiger partial charge in [0.1, 0.15) is 5.82 Å². The zero-order chi connectivity index (χ0) is 15.5. The fourth-order valence-electron chi connectivity index (χ4n) is 1.66. The summed E-state index contributed by atoms with van der Waals surface area (Å²) in [6.07, 6.45) is 0. The second kappa shape index (κ2) is 6.65. The van der Waals surface area contributed by atoms with Crippen LogP contribution < -0.4 is 10.5 Å². The van der Waals surface area contributed by atoms with Gasteiger partial charge in [-0.15, -0.1) is 0 Å². The minimum atomic E-state index is -3.72. The lowest BCUT2D eigenvalue weighted by Crippen LogP contribution is -2.31. The number of sulfonamides is 1. The van der Waals surface area contributed by atoms with Gasteiger partial charge < -0.3 is 5.73 Å². The fraction of sp³-hybridized carbons (Fsp3) is 0.571. The van der Waals surface area contributed by atoms with Crippen molar-refractivity contribution in [2.75, 3.05) is 6.54 Å². The van der Waals surface area contributed by atoms with Gasteiger partial charge in [0.05, 0.1) is 4.90 Å². The minimum Gasteiger partial charge on any atom is -0.326 e. The van der Waals surface area contributed by atoms with Crippen LogP contribution in [-0.4, -0.2) is 15.0 Å². The Kier molecular flexibility index (Phi) is 5.68. The smallest absolute Gasteiger partial charge is 0.240 e. The van der Waals surface area contributed by atoms with Crippen molar-refractivity contribution in [1.29, 1.82) is 0 Å². The van der Waals surface area contributed by atoms with Crippen molar-refractivity contribution >= 4 is 10.0 Å². The van der Waals surface area contributed by atoms with Gasteiger partial charge in [0.25, 0.3) is 0 Å². The molecule has 0 fully saturated rings. The van der Waals surface area contributed by atoms with Crippen LogP contribution in [0.25, 0.3) is 0 Å². The molecule has 0 heterocycles. The Morgan fingerprint density at radius 2 is 1.90 bits per heavy atom. The SMILES string of the molecule is Cc1c(F)cc(CN)cc1S(=O)(=O)NCC(C)C(C)C. The number of hydrogen-bond acceptors (Lipinski definition) is 3. The summed E-state index contributed by atoms with van der Waals surface area (Å²) in [7, 11) is -3.72. The average Bonchev–Trinajstić information content (AvgIpc) is 2.38. The summed E-state index contributed by atoms with van der Waals surface area (Å²) in [5.74, 6) is 0.0174. The van der Waals surface area contributed by atoms with E-state index in [9.17, 15) is 12.8 Å². The predicted molar refractivity (Wildman–Crippen MR) is 78.2 cm³/mol. The molecule has 1 unspecified atom stereocenters. The largest absolute Gasteiger partial charge is 0.326 e. The van der Waals surface area contributed by atoms with E-state index in [1.807, 2.05) is 20.8 Å². The Hall–Kier alpha value is -0.980. The van der Waals surface area contributed by atoms with E-state index in [2.05, 4.69) is 4.72 Å². The predicted octanol–water partition coefficient (Wildman–Crippen LogP) is 2.16. The summed E-state index contributed by atoms with van der Waals surface area (Å²) < 4.78 is 40.8. The second-order valence-electron chi connectivity index (χ2n) is 5.48. The number of nitrogens with one attached hydrogen (secondary N) is 1. The molecule has 0 aromatic heterocycles. The first-order valence-electron chi connectivity index (χ1n) is 6.67. The zero-order valence-corrected chi connectivity index (χ0v) is 13.2. The lowest BCUT2D eigenvalue weighted by atomic mass is 9.99. The summed E-state index contributed by atoms with van der Waals surface area (Å²) in [5.41, 5.74) is 6.04. The monoisotopic (exact) mass is 302 g/mol. The summed E-state index contributed by atoms with van der Waals surface area (Å²) in [6.45, 7) is 7.90. The minimum absolute atomic E-state index is 0.0334. The molecule has 0 saturated carbocycles. The van der Waals surface area contributed by atoms with Crippen molar-refractivity contribution in [3.05, 3.63) is 29.1 Å². The van der Waals surface area contributed by atoms with Crippen LogP contribution in [-0.2, 0) is 16.6 Å². The summed E-state index contributed by atoms with van der Waals surface area (Å²) in [4.78, 5) is -0.0334. The molecule has 0 amide bonds. The maximum Gasteiger partial charge on any atom is 0.240 e. The van der Waals surface area contributed by atoms with E-state index in [4.69, 9.17) is 5.73 Å². The number of halogens is 1. The molecule has 0 saturated heterocycles. The van der Waals surface area contributed by atoms with Crippen LogP contribution >= 0.6 is 0 Å². The van der Waals surface area contributed by atoms with Crippen molar-refractivity contribution in [2.24, 2.45) is 17.6 Å². The maximum absolute atomic E-state index is 13.7. The highest BCUT2D eigenvalue weighted by atomic mass is 32.2. The van der Waals surface area contributed by atoms with E-state index in [1.165, 1.54) is 19.1 Å². The molecule has 0 radical (unpaired) electrons. The van der Waals surface area contributed by atoms with Crippen molar-refractivity contribution in [3.8, 4) is 0 Å². The first-order chi connectivity index (χ1) is 9.19. The Balaban J connectivity index is 3.06. The number of nitrogens with two attached hydrogens (primary N) is 1. The Bertz CT molecular complexity index is 571. The highest BCUT2D eigenvalue weighted by molar-refractivity contribution is 7.89.